The molecule has 2 rings (SSSR count). The fraction of sp³-hybridized carbons (Fsp3) is 0.471. The van der Waals surface area contributed by atoms with Crippen LogP contribution in [0.25, 0.3) is 6.08 Å². The summed E-state index contributed by atoms with van der Waals surface area (Å²) in [7, 11) is 3.66. The van der Waals surface area contributed by atoms with E-state index < -0.39 is 0 Å². The van der Waals surface area contributed by atoms with Gasteiger partial charge in [-0.2, -0.15) is 0 Å². The van der Waals surface area contributed by atoms with Crippen LogP contribution in [0.4, 0.5) is 0 Å². The van der Waals surface area contributed by atoms with E-state index >= 15 is 0 Å². The fourth-order valence-electron chi connectivity index (χ4n) is 2.37. The molecule has 1 fully saturated rings. The van der Waals surface area contributed by atoms with Crippen molar-refractivity contribution in [1.82, 2.24) is 15.3 Å². The Morgan fingerprint density at radius 3 is 2.65 bits per heavy atom. The van der Waals surface area contributed by atoms with Crippen molar-refractivity contribution in [3.8, 4) is 11.5 Å². The zero-order chi connectivity index (χ0) is 16.7. The molecule has 0 aromatic heterocycles. The second-order valence-electron chi connectivity index (χ2n) is 5.52. The molecule has 0 atom stereocenters. The number of piperazine rings is 1. The van der Waals surface area contributed by atoms with E-state index in [1.165, 1.54) is 0 Å². The highest BCUT2D eigenvalue weighted by molar-refractivity contribution is 5.77. The molecule has 0 unspecified atom stereocenters. The van der Waals surface area contributed by atoms with Gasteiger partial charge in [-0.3, -0.25) is 10.2 Å². The van der Waals surface area contributed by atoms with Crippen LogP contribution in [-0.2, 0) is 4.79 Å². The van der Waals surface area contributed by atoms with Gasteiger partial charge in [0.15, 0.2) is 18.1 Å². The smallest absolute Gasteiger partial charge is 0.272 e. The molecule has 1 heterocycles. The summed E-state index contributed by atoms with van der Waals surface area (Å²) in [6.07, 6.45) is 3.94. The summed E-state index contributed by atoms with van der Waals surface area (Å²) >= 11 is 0. The number of hydrogen-bond donors (Lipinski definition) is 1. The molecule has 1 amide bonds. The number of carbonyl (C=O) groups is 1. The van der Waals surface area contributed by atoms with Crippen molar-refractivity contribution in [2.75, 3.05) is 46.9 Å². The SMILES string of the molecule is C/C=C/c1ccc(OCC(=O)NN2CCN(C)CC2)c(OC)c1. The number of allylic oxidation sites excluding steroid dienone is 1. The third-order valence-electron chi connectivity index (χ3n) is 3.69. The number of methoxy groups -OCH3 is 1. The Morgan fingerprint density at radius 2 is 2.00 bits per heavy atom. The van der Waals surface area contributed by atoms with Crippen molar-refractivity contribution >= 4 is 12.0 Å². The van der Waals surface area contributed by atoms with Gasteiger partial charge in [0.05, 0.1) is 7.11 Å². The van der Waals surface area contributed by atoms with Crippen LogP contribution < -0.4 is 14.9 Å². The zero-order valence-electron chi connectivity index (χ0n) is 14.0. The van der Waals surface area contributed by atoms with Gasteiger partial charge in [-0.05, 0) is 31.7 Å². The third kappa shape index (κ3) is 5.26. The molecule has 126 valence electrons. The topological polar surface area (TPSA) is 54.0 Å². The predicted octanol–water partition coefficient (Wildman–Crippen LogP) is 1.39. The summed E-state index contributed by atoms with van der Waals surface area (Å²) in [5.41, 5.74) is 3.90. The number of benzene rings is 1. The minimum Gasteiger partial charge on any atom is -0.493 e. The number of nitrogens with zero attached hydrogens (tertiary/aromatic N) is 2. The largest absolute Gasteiger partial charge is 0.493 e. The second-order valence-corrected chi connectivity index (χ2v) is 5.52. The Bertz CT molecular complexity index is 552. The maximum Gasteiger partial charge on any atom is 0.272 e. The predicted molar refractivity (Wildman–Crippen MR) is 90.4 cm³/mol. The molecule has 1 aromatic carbocycles. The lowest BCUT2D eigenvalue weighted by atomic mass is 10.2. The minimum atomic E-state index is -0.158. The lowest BCUT2D eigenvalue weighted by Crippen LogP contribution is -2.53. The highest BCUT2D eigenvalue weighted by atomic mass is 16.5. The molecule has 1 saturated heterocycles. The van der Waals surface area contributed by atoms with Crippen molar-refractivity contribution in [1.29, 1.82) is 0 Å². The normalized spacial score (nSPS) is 16.5. The van der Waals surface area contributed by atoms with E-state index in [9.17, 15) is 4.79 Å². The zero-order valence-corrected chi connectivity index (χ0v) is 14.0. The molecule has 1 aromatic rings. The number of hydrazine groups is 1. The summed E-state index contributed by atoms with van der Waals surface area (Å²) < 4.78 is 10.9. The molecule has 0 radical (unpaired) electrons. The quantitative estimate of drug-likeness (QED) is 0.859. The first kappa shape index (κ1) is 17.3. The first-order chi connectivity index (χ1) is 11.1. The first-order valence-electron chi connectivity index (χ1n) is 7.79. The molecular weight excluding hydrogens is 294 g/mol. The summed E-state index contributed by atoms with van der Waals surface area (Å²) in [6, 6.07) is 5.63. The first-order valence-corrected chi connectivity index (χ1v) is 7.79. The average molecular weight is 319 g/mol. The van der Waals surface area contributed by atoms with Crippen LogP contribution in [0.2, 0.25) is 0 Å². The van der Waals surface area contributed by atoms with Crippen LogP contribution >= 0.6 is 0 Å². The van der Waals surface area contributed by atoms with Crippen LogP contribution in [0.5, 0.6) is 11.5 Å². The van der Waals surface area contributed by atoms with Crippen LogP contribution in [0.15, 0.2) is 24.3 Å². The number of carbonyl (C=O) groups excluding carboxylic acids is 1. The van der Waals surface area contributed by atoms with E-state index in [4.69, 9.17) is 9.47 Å². The summed E-state index contributed by atoms with van der Waals surface area (Å²) in [5, 5.41) is 1.93. The molecule has 0 bridgehead atoms. The molecule has 23 heavy (non-hydrogen) atoms. The number of likely N-dealkylation sites (N-methyl/N-ethyl adjacent to an activating group) is 1. The molecule has 6 nitrogen and oxygen atoms in total. The molecule has 1 aliphatic rings. The maximum atomic E-state index is 12.0. The summed E-state index contributed by atoms with van der Waals surface area (Å²) in [4.78, 5) is 14.2. The molecule has 0 saturated carbocycles. The van der Waals surface area contributed by atoms with Gasteiger partial charge in [0.1, 0.15) is 0 Å². The summed E-state index contributed by atoms with van der Waals surface area (Å²) in [6.45, 7) is 5.46. The number of hydrogen-bond acceptors (Lipinski definition) is 5. The van der Waals surface area contributed by atoms with Crippen molar-refractivity contribution in [3.63, 3.8) is 0 Å². The molecule has 0 aliphatic carbocycles. The number of rotatable bonds is 6. The van der Waals surface area contributed by atoms with E-state index in [1.54, 1.807) is 7.11 Å². The molecule has 1 N–H and O–H groups in total. The maximum absolute atomic E-state index is 12.0. The second kappa shape index (κ2) is 8.55. The van der Waals surface area contributed by atoms with E-state index in [1.807, 2.05) is 42.3 Å². The Labute approximate surface area is 137 Å². The fourth-order valence-corrected chi connectivity index (χ4v) is 2.37. The van der Waals surface area contributed by atoms with Crippen LogP contribution in [-0.4, -0.2) is 62.8 Å². The lowest BCUT2D eigenvalue weighted by Gasteiger charge is -2.32. The van der Waals surface area contributed by atoms with Crippen molar-refractivity contribution < 1.29 is 14.3 Å². The van der Waals surface area contributed by atoms with Crippen molar-refractivity contribution in [2.45, 2.75) is 6.92 Å². The standard InChI is InChI=1S/C17H25N3O3/c1-4-5-14-6-7-15(16(12-14)22-3)23-13-17(21)18-20-10-8-19(2)9-11-20/h4-7,12H,8-11,13H2,1-3H3,(H,18,21)/b5-4+. The lowest BCUT2D eigenvalue weighted by molar-refractivity contribution is -0.128. The Hall–Kier alpha value is -2.05. The summed E-state index contributed by atoms with van der Waals surface area (Å²) in [5.74, 6) is 1.02. The van der Waals surface area contributed by atoms with Gasteiger partial charge in [0.2, 0.25) is 0 Å². The third-order valence-corrected chi connectivity index (χ3v) is 3.69. The van der Waals surface area contributed by atoms with E-state index in [2.05, 4.69) is 17.4 Å². The highest BCUT2D eigenvalue weighted by Crippen LogP contribution is 2.28. The minimum absolute atomic E-state index is 0.0360. The monoisotopic (exact) mass is 319 g/mol. The van der Waals surface area contributed by atoms with Gasteiger partial charge in [-0.1, -0.05) is 18.2 Å². The van der Waals surface area contributed by atoms with Gasteiger partial charge in [-0.15, -0.1) is 0 Å². The number of nitrogens with one attached hydrogen (secondary N) is 1. The van der Waals surface area contributed by atoms with Crippen molar-refractivity contribution in [2.24, 2.45) is 0 Å². The average Bonchev–Trinajstić information content (AvgIpc) is 2.56. The van der Waals surface area contributed by atoms with E-state index in [-0.39, 0.29) is 12.5 Å². The molecule has 1 aliphatic heterocycles. The highest BCUT2D eigenvalue weighted by Gasteiger charge is 2.16. The van der Waals surface area contributed by atoms with E-state index in [0.717, 1.165) is 31.7 Å². The Balaban J connectivity index is 1.86. The molecule has 6 heteroatoms. The molecule has 0 spiro atoms. The Kier molecular flexibility index (Phi) is 6.43. The van der Waals surface area contributed by atoms with Crippen LogP contribution in [0, 0.1) is 0 Å². The van der Waals surface area contributed by atoms with Crippen molar-refractivity contribution in [3.05, 3.63) is 29.8 Å². The number of ether oxygens (including phenoxy) is 2. The van der Waals surface area contributed by atoms with Gasteiger partial charge in [-0.25, -0.2) is 5.01 Å². The van der Waals surface area contributed by atoms with Crippen LogP contribution in [0.3, 0.4) is 0 Å². The van der Waals surface area contributed by atoms with Gasteiger partial charge in [0, 0.05) is 26.2 Å². The van der Waals surface area contributed by atoms with E-state index in [0.29, 0.717) is 11.5 Å². The number of amides is 1. The van der Waals surface area contributed by atoms with Crippen LogP contribution in [0.1, 0.15) is 12.5 Å². The molecular formula is C17H25N3O3. The van der Waals surface area contributed by atoms with Gasteiger partial charge >= 0.3 is 0 Å². The van der Waals surface area contributed by atoms with Gasteiger partial charge < -0.3 is 14.4 Å². The Morgan fingerprint density at radius 1 is 1.26 bits per heavy atom. The van der Waals surface area contributed by atoms with Gasteiger partial charge in [0.25, 0.3) is 5.91 Å².